The molecule has 0 radical (unpaired) electrons. The van der Waals surface area contributed by atoms with Crippen LogP contribution in [0.3, 0.4) is 0 Å². The Bertz CT molecular complexity index is 1060. The number of sulfonamides is 1. The van der Waals surface area contributed by atoms with Crippen LogP contribution in [0.15, 0.2) is 41.3 Å². The van der Waals surface area contributed by atoms with Crippen molar-refractivity contribution in [3.63, 3.8) is 0 Å². The highest BCUT2D eigenvalue weighted by atomic mass is 32.2. The summed E-state index contributed by atoms with van der Waals surface area (Å²) in [6.45, 7) is 4.42. The Morgan fingerprint density at radius 3 is 2.34 bits per heavy atom. The molecule has 3 rings (SSSR count). The number of hydrogen-bond acceptors (Lipinski definition) is 5. The average Bonchev–Trinajstić information content (AvgIpc) is 3.11. The van der Waals surface area contributed by atoms with Crippen molar-refractivity contribution in [2.75, 3.05) is 37.5 Å². The SMILES string of the molecule is Cc1cc(S(=O)(=O)N(C)C)cc(NC(=O)c2ccc(N3CCOC3=O)cc2)c1C. The van der Waals surface area contributed by atoms with Gasteiger partial charge in [0, 0.05) is 31.0 Å². The number of carbonyl (C=O) groups excluding carboxylic acids is 2. The van der Waals surface area contributed by atoms with Crippen molar-refractivity contribution in [3.05, 3.63) is 53.1 Å². The Labute approximate surface area is 170 Å². The van der Waals surface area contributed by atoms with Crippen LogP contribution >= 0.6 is 0 Å². The van der Waals surface area contributed by atoms with Crippen LogP contribution in [-0.2, 0) is 14.8 Å². The largest absolute Gasteiger partial charge is 0.447 e. The molecule has 0 unspecified atom stereocenters. The maximum Gasteiger partial charge on any atom is 0.414 e. The van der Waals surface area contributed by atoms with E-state index in [2.05, 4.69) is 5.32 Å². The lowest BCUT2D eigenvalue weighted by Gasteiger charge is -2.17. The van der Waals surface area contributed by atoms with Crippen molar-refractivity contribution in [1.82, 2.24) is 4.31 Å². The summed E-state index contributed by atoms with van der Waals surface area (Å²) in [5.74, 6) is -0.373. The predicted octanol–water partition coefficient (Wildman–Crippen LogP) is 2.76. The fraction of sp³-hybridized carbons (Fsp3) is 0.300. The monoisotopic (exact) mass is 417 g/mol. The van der Waals surface area contributed by atoms with Gasteiger partial charge in [-0.15, -0.1) is 0 Å². The van der Waals surface area contributed by atoms with E-state index in [-0.39, 0.29) is 10.8 Å². The minimum atomic E-state index is -3.63. The van der Waals surface area contributed by atoms with E-state index in [4.69, 9.17) is 4.74 Å². The standard InChI is InChI=1S/C20H23N3O5S/c1-13-11-17(29(26,27)22(3)4)12-18(14(13)2)21-19(24)15-5-7-16(8-6-15)23-9-10-28-20(23)25/h5-8,11-12H,9-10H2,1-4H3,(H,21,24). The Morgan fingerprint density at radius 1 is 1.14 bits per heavy atom. The van der Waals surface area contributed by atoms with Crippen molar-refractivity contribution in [1.29, 1.82) is 0 Å². The van der Waals surface area contributed by atoms with E-state index in [9.17, 15) is 18.0 Å². The summed E-state index contributed by atoms with van der Waals surface area (Å²) in [4.78, 5) is 25.9. The van der Waals surface area contributed by atoms with E-state index in [1.165, 1.54) is 25.1 Å². The van der Waals surface area contributed by atoms with Crippen molar-refractivity contribution >= 4 is 33.4 Å². The normalized spacial score (nSPS) is 14.2. The molecule has 1 saturated heterocycles. The molecule has 2 amide bonds. The van der Waals surface area contributed by atoms with Crippen LogP contribution in [0.4, 0.5) is 16.2 Å². The molecule has 29 heavy (non-hydrogen) atoms. The predicted molar refractivity (Wildman–Crippen MR) is 110 cm³/mol. The summed E-state index contributed by atoms with van der Waals surface area (Å²) in [5, 5.41) is 2.79. The lowest BCUT2D eigenvalue weighted by molar-refractivity contribution is 0.102. The molecular formula is C20H23N3O5S. The van der Waals surface area contributed by atoms with Gasteiger partial charge >= 0.3 is 6.09 Å². The summed E-state index contributed by atoms with van der Waals surface area (Å²) in [7, 11) is -0.709. The minimum Gasteiger partial charge on any atom is -0.447 e. The fourth-order valence-corrected chi connectivity index (χ4v) is 3.95. The summed E-state index contributed by atoms with van der Waals surface area (Å²) in [6, 6.07) is 9.62. The number of ether oxygens (including phenoxy) is 1. The summed E-state index contributed by atoms with van der Waals surface area (Å²) < 4.78 is 31.0. The first-order valence-electron chi connectivity index (χ1n) is 9.01. The van der Waals surface area contributed by atoms with E-state index < -0.39 is 16.1 Å². The van der Waals surface area contributed by atoms with Crippen LogP contribution < -0.4 is 10.2 Å². The Morgan fingerprint density at radius 2 is 1.79 bits per heavy atom. The van der Waals surface area contributed by atoms with Crippen molar-refractivity contribution in [2.24, 2.45) is 0 Å². The fourth-order valence-electron chi connectivity index (χ4n) is 2.93. The molecule has 0 saturated carbocycles. The molecule has 1 aliphatic rings. The first kappa shape index (κ1) is 20.8. The van der Waals surface area contributed by atoms with E-state index in [1.54, 1.807) is 37.3 Å². The van der Waals surface area contributed by atoms with Gasteiger partial charge in [-0.3, -0.25) is 9.69 Å². The number of carbonyl (C=O) groups is 2. The lowest BCUT2D eigenvalue weighted by Crippen LogP contribution is -2.23. The molecular weight excluding hydrogens is 394 g/mol. The highest BCUT2D eigenvalue weighted by Gasteiger charge is 2.24. The maximum atomic E-state index is 12.7. The molecule has 1 fully saturated rings. The van der Waals surface area contributed by atoms with E-state index in [0.717, 1.165) is 15.4 Å². The molecule has 1 aliphatic heterocycles. The zero-order chi connectivity index (χ0) is 21.3. The number of nitrogens with zero attached hydrogens (tertiary/aromatic N) is 2. The molecule has 8 nitrogen and oxygen atoms in total. The van der Waals surface area contributed by atoms with Crippen molar-refractivity contribution < 1.29 is 22.7 Å². The number of aryl methyl sites for hydroxylation is 1. The number of anilines is 2. The number of nitrogens with one attached hydrogen (secondary N) is 1. The second-order valence-electron chi connectivity index (χ2n) is 6.97. The van der Waals surface area contributed by atoms with Gasteiger partial charge in [-0.1, -0.05) is 0 Å². The third-order valence-corrected chi connectivity index (χ3v) is 6.66. The zero-order valence-corrected chi connectivity index (χ0v) is 17.5. The van der Waals surface area contributed by atoms with Gasteiger partial charge < -0.3 is 10.1 Å². The second kappa shape index (κ2) is 7.84. The molecule has 9 heteroatoms. The summed E-state index contributed by atoms with van der Waals surface area (Å²) >= 11 is 0. The van der Waals surface area contributed by atoms with E-state index >= 15 is 0 Å². The van der Waals surface area contributed by atoms with Gasteiger partial charge in [0.1, 0.15) is 6.61 Å². The Balaban J connectivity index is 1.85. The first-order chi connectivity index (χ1) is 13.6. The molecule has 0 aromatic heterocycles. The average molecular weight is 417 g/mol. The highest BCUT2D eigenvalue weighted by molar-refractivity contribution is 7.89. The van der Waals surface area contributed by atoms with Crippen LogP contribution in [0.25, 0.3) is 0 Å². The van der Waals surface area contributed by atoms with Gasteiger partial charge in [0.15, 0.2) is 0 Å². The zero-order valence-electron chi connectivity index (χ0n) is 16.7. The smallest absolute Gasteiger partial charge is 0.414 e. The maximum absolute atomic E-state index is 12.7. The number of benzene rings is 2. The molecule has 154 valence electrons. The summed E-state index contributed by atoms with van der Waals surface area (Å²) in [5.41, 5.74) is 3.01. The van der Waals surface area contributed by atoms with Crippen LogP contribution in [0.2, 0.25) is 0 Å². The van der Waals surface area contributed by atoms with Gasteiger partial charge in [-0.05, 0) is 61.4 Å². The van der Waals surface area contributed by atoms with Gasteiger partial charge in [0.25, 0.3) is 5.91 Å². The molecule has 0 spiro atoms. The highest BCUT2D eigenvalue weighted by Crippen LogP contribution is 2.26. The number of amides is 2. The Hall–Kier alpha value is -2.91. The third-order valence-electron chi connectivity index (χ3n) is 4.87. The quantitative estimate of drug-likeness (QED) is 0.807. The molecule has 1 N–H and O–H groups in total. The lowest BCUT2D eigenvalue weighted by atomic mass is 10.1. The van der Waals surface area contributed by atoms with Crippen molar-refractivity contribution in [2.45, 2.75) is 18.7 Å². The van der Waals surface area contributed by atoms with Gasteiger partial charge in [-0.25, -0.2) is 17.5 Å². The molecule has 2 aromatic rings. The van der Waals surface area contributed by atoms with Gasteiger partial charge in [0.05, 0.1) is 11.4 Å². The third kappa shape index (κ3) is 4.10. The molecule has 0 atom stereocenters. The van der Waals surface area contributed by atoms with Crippen LogP contribution in [0.5, 0.6) is 0 Å². The molecule has 0 bridgehead atoms. The topological polar surface area (TPSA) is 96.0 Å². The van der Waals surface area contributed by atoms with Crippen LogP contribution in [-0.4, -0.2) is 52.0 Å². The van der Waals surface area contributed by atoms with Crippen LogP contribution in [0, 0.1) is 13.8 Å². The summed E-state index contributed by atoms with van der Waals surface area (Å²) in [6.07, 6.45) is -0.410. The Kier molecular flexibility index (Phi) is 5.63. The molecule has 1 heterocycles. The molecule has 0 aliphatic carbocycles. The van der Waals surface area contributed by atoms with E-state index in [1.807, 2.05) is 6.92 Å². The van der Waals surface area contributed by atoms with Gasteiger partial charge in [0.2, 0.25) is 10.0 Å². The van der Waals surface area contributed by atoms with Gasteiger partial charge in [-0.2, -0.15) is 0 Å². The van der Waals surface area contributed by atoms with E-state index in [0.29, 0.717) is 30.1 Å². The number of hydrogen-bond donors (Lipinski definition) is 1. The molecule has 2 aromatic carbocycles. The number of cyclic esters (lactones) is 1. The minimum absolute atomic E-state index is 0.115. The second-order valence-corrected chi connectivity index (χ2v) is 9.12. The first-order valence-corrected chi connectivity index (χ1v) is 10.4. The van der Waals surface area contributed by atoms with Crippen LogP contribution in [0.1, 0.15) is 21.5 Å². The van der Waals surface area contributed by atoms with Crippen molar-refractivity contribution in [3.8, 4) is 0 Å². The number of rotatable bonds is 5.